The molecule has 1 rings (SSSR count). The summed E-state index contributed by atoms with van der Waals surface area (Å²) in [5.41, 5.74) is 0.639. The molecule has 0 radical (unpaired) electrons. The van der Waals surface area contributed by atoms with Crippen molar-refractivity contribution in [1.29, 1.82) is 0 Å². The lowest BCUT2D eigenvalue weighted by molar-refractivity contribution is 0.601. The number of para-hydroxylation sites is 1. The summed E-state index contributed by atoms with van der Waals surface area (Å²) in [4.78, 5) is 0.328. The van der Waals surface area contributed by atoms with Crippen molar-refractivity contribution >= 4 is 27.1 Å². The predicted molar refractivity (Wildman–Crippen MR) is 72.6 cm³/mol. The Balaban J connectivity index is 2.92. The second kappa shape index (κ2) is 5.74. The smallest absolute Gasteiger partial charge is 0.177 e. The van der Waals surface area contributed by atoms with E-state index in [1.807, 2.05) is 19.9 Å². The van der Waals surface area contributed by atoms with Crippen molar-refractivity contribution in [1.82, 2.24) is 0 Å². The number of halogens is 1. The molecule has 96 valence electrons. The number of rotatable bonds is 5. The van der Waals surface area contributed by atoms with E-state index < -0.39 is 9.84 Å². The molecular formula is C12H18ClNO2S. The van der Waals surface area contributed by atoms with Crippen LogP contribution in [0.2, 0.25) is 0 Å². The Kier molecular flexibility index (Phi) is 4.83. The van der Waals surface area contributed by atoms with Crippen LogP contribution in [0.15, 0.2) is 29.2 Å². The second-order valence-corrected chi connectivity index (χ2v) is 7.06. The Hall–Kier alpha value is -0.740. The summed E-state index contributed by atoms with van der Waals surface area (Å²) >= 11 is 5.91. The molecule has 0 saturated carbocycles. The SMILES string of the molecule is CC(Cl)CC(C)Nc1ccccc1S(C)(=O)=O. The van der Waals surface area contributed by atoms with Crippen LogP contribution >= 0.6 is 11.6 Å². The highest BCUT2D eigenvalue weighted by Crippen LogP contribution is 2.22. The molecule has 0 heterocycles. The summed E-state index contributed by atoms with van der Waals surface area (Å²) in [6, 6.07) is 7.04. The van der Waals surface area contributed by atoms with Gasteiger partial charge in [-0.2, -0.15) is 0 Å². The van der Waals surface area contributed by atoms with Crippen molar-refractivity contribution in [2.75, 3.05) is 11.6 Å². The van der Waals surface area contributed by atoms with Crippen LogP contribution in [-0.2, 0) is 9.84 Å². The van der Waals surface area contributed by atoms with Crippen LogP contribution in [0.3, 0.4) is 0 Å². The minimum atomic E-state index is -3.20. The fourth-order valence-electron chi connectivity index (χ4n) is 1.72. The molecule has 1 aromatic carbocycles. The molecule has 5 heteroatoms. The highest BCUT2D eigenvalue weighted by atomic mass is 35.5. The van der Waals surface area contributed by atoms with E-state index >= 15 is 0 Å². The van der Waals surface area contributed by atoms with E-state index in [0.29, 0.717) is 10.6 Å². The van der Waals surface area contributed by atoms with Gasteiger partial charge < -0.3 is 5.32 Å². The summed E-state index contributed by atoms with van der Waals surface area (Å²) in [7, 11) is -3.20. The average molecular weight is 276 g/mol. The zero-order chi connectivity index (χ0) is 13.1. The number of anilines is 1. The van der Waals surface area contributed by atoms with E-state index in [-0.39, 0.29) is 11.4 Å². The number of hydrogen-bond donors (Lipinski definition) is 1. The number of hydrogen-bond acceptors (Lipinski definition) is 3. The van der Waals surface area contributed by atoms with Crippen LogP contribution in [0.1, 0.15) is 20.3 Å². The van der Waals surface area contributed by atoms with Crippen molar-refractivity contribution < 1.29 is 8.42 Å². The summed E-state index contributed by atoms with van der Waals surface area (Å²) in [6.07, 6.45) is 1.99. The predicted octanol–water partition coefficient (Wildman–Crippen LogP) is 2.91. The standard InChI is InChI=1S/C12H18ClNO2S/c1-9(13)8-10(2)14-11-6-4-5-7-12(11)17(3,15)16/h4-7,9-10,14H,8H2,1-3H3. The molecule has 0 aliphatic carbocycles. The zero-order valence-electron chi connectivity index (χ0n) is 10.3. The van der Waals surface area contributed by atoms with Gasteiger partial charge in [0.1, 0.15) is 0 Å². The minimum Gasteiger partial charge on any atom is -0.381 e. The van der Waals surface area contributed by atoms with E-state index in [0.717, 1.165) is 6.42 Å². The maximum atomic E-state index is 11.6. The average Bonchev–Trinajstić information content (AvgIpc) is 2.15. The van der Waals surface area contributed by atoms with Gasteiger partial charge in [0.05, 0.1) is 10.6 Å². The fraction of sp³-hybridized carbons (Fsp3) is 0.500. The van der Waals surface area contributed by atoms with E-state index in [1.165, 1.54) is 6.26 Å². The number of sulfone groups is 1. The molecule has 3 nitrogen and oxygen atoms in total. The van der Waals surface area contributed by atoms with Crippen molar-refractivity contribution in [3.63, 3.8) is 0 Å². The Morgan fingerprint density at radius 3 is 2.41 bits per heavy atom. The fourth-order valence-corrected chi connectivity index (χ4v) is 2.84. The molecular weight excluding hydrogens is 258 g/mol. The highest BCUT2D eigenvalue weighted by Gasteiger charge is 2.14. The van der Waals surface area contributed by atoms with E-state index in [2.05, 4.69) is 5.32 Å². The number of alkyl halides is 1. The van der Waals surface area contributed by atoms with Crippen molar-refractivity contribution in [3.8, 4) is 0 Å². The first kappa shape index (κ1) is 14.3. The summed E-state index contributed by atoms with van der Waals surface area (Å²) < 4.78 is 23.2. The van der Waals surface area contributed by atoms with Crippen LogP contribution in [0.5, 0.6) is 0 Å². The van der Waals surface area contributed by atoms with Gasteiger partial charge in [0.2, 0.25) is 0 Å². The lowest BCUT2D eigenvalue weighted by atomic mass is 10.2. The lowest BCUT2D eigenvalue weighted by Crippen LogP contribution is -2.19. The van der Waals surface area contributed by atoms with Crippen LogP contribution in [-0.4, -0.2) is 26.1 Å². The molecule has 2 unspecified atom stereocenters. The largest absolute Gasteiger partial charge is 0.381 e. The van der Waals surface area contributed by atoms with Crippen LogP contribution in [0, 0.1) is 0 Å². The zero-order valence-corrected chi connectivity index (χ0v) is 11.8. The first-order valence-electron chi connectivity index (χ1n) is 5.50. The van der Waals surface area contributed by atoms with Gasteiger partial charge in [-0.15, -0.1) is 11.6 Å². The van der Waals surface area contributed by atoms with Crippen LogP contribution in [0.4, 0.5) is 5.69 Å². The molecule has 0 aliphatic heterocycles. The molecule has 1 N–H and O–H groups in total. The number of nitrogens with one attached hydrogen (secondary N) is 1. The third-order valence-corrected chi connectivity index (χ3v) is 3.70. The van der Waals surface area contributed by atoms with Gasteiger partial charge in [0.15, 0.2) is 9.84 Å². The van der Waals surface area contributed by atoms with Gasteiger partial charge in [-0.3, -0.25) is 0 Å². The third kappa shape index (κ3) is 4.56. The lowest BCUT2D eigenvalue weighted by Gasteiger charge is -2.18. The summed E-state index contributed by atoms with van der Waals surface area (Å²) in [5.74, 6) is 0. The maximum absolute atomic E-state index is 11.6. The van der Waals surface area contributed by atoms with Gasteiger partial charge in [0.25, 0.3) is 0 Å². The van der Waals surface area contributed by atoms with E-state index in [9.17, 15) is 8.42 Å². The van der Waals surface area contributed by atoms with Gasteiger partial charge >= 0.3 is 0 Å². The monoisotopic (exact) mass is 275 g/mol. The summed E-state index contributed by atoms with van der Waals surface area (Å²) in [5, 5.41) is 3.24. The molecule has 17 heavy (non-hydrogen) atoms. The third-order valence-electron chi connectivity index (χ3n) is 2.37. The Morgan fingerprint density at radius 1 is 1.29 bits per heavy atom. The Morgan fingerprint density at radius 2 is 1.88 bits per heavy atom. The van der Waals surface area contributed by atoms with Gasteiger partial charge in [-0.05, 0) is 32.4 Å². The Bertz CT molecular complexity index is 471. The molecule has 1 aromatic rings. The normalized spacial score (nSPS) is 15.3. The van der Waals surface area contributed by atoms with Crippen LogP contribution < -0.4 is 5.32 Å². The summed E-state index contributed by atoms with van der Waals surface area (Å²) in [6.45, 7) is 3.90. The first-order valence-corrected chi connectivity index (χ1v) is 7.83. The first-order chi connectivity index (χ1) is 7.80. The highest BCUT2D eigenvalue weighted by molar-refractivity contribution is 7.90. The Labute approximate surface area is 108 Å². The van der Waals surface area contributed by atoms with Crippen molar-refractivity contribution in [2.45, 2.75) is 36.6 Å². The molecule has 0 bridgehead atoms. The van der Waals surface area contributed by atoms with Gasteiger partial charge in [-0.1, -0.05) is 12.1 Å². The molecule has 0 amide bonds. The molecule has 0 saturated heterocycles. The molecule has 2 atom stereocenters. The maximum Gasteiger partial charge on any atom is 0.177 e. The van der Waals surface area contributed by atoms with Gasteiger partial charge in [0, 0.05) is 17.7 Å². The molecule has 0 aromatic heterocycles. The van der Waals surface area contributed by atoms with Crippen LogP contribution in [0.25, 0.3) is 0 Å². The van der Waals surface area contributed by atoms with Crippen molar-refractivity contribution in [3.05, 3.63) is 24.3 Å². The molecule has 0 spiro atoms. The molecule has 0 fully saturated rings. The van der Waals surface area contributed by atoms with E-state index in [4.69, 9.17) is 11.6 Å². The van der Waals surface area contributed by atoms with Gasteiger partial charge in [-0.25, -0.2) is 8.42 Å². The van der Waals surface area contributed by atoms with Crippen molar-refractivity contribution in [2.24, 2.45) is 0 Å². The number of benzene rings is 1. The van der Waals surface area contributed by atoms with E-state index in [1.54, 1.807) is 18.2 Å². The molecule has 0 aliphatic rings. The second-order valence-electron chi connectivity index (χ2n) is 4.33. The quantitative estimate of drug-likeness (QED) is 0.841. The minimum absolute atomic E-state index is 0.0582. The topological polar surface area (TPSA) is 46.2 Å².